The van der Waals surface area contributed by atoms with E-state index in [1.165, 1.54) is 0 Å². The molecule has 7 nitrogen and oxygen atoms in total. The Bertz CT molecular complexity index is 680. The summed E-state index contributed by atoms with van der Waals surface area (Å²) in [5.74, 6) is -0.490. The number of nitrogens with zero attached hydrogens (tertiary/aromatic N) is 2. The van der Waals surface area contributed by atoms with Crippen LogP contribution in [0, 0.1) is 0 Å². The summed E-state index contributed by atoms with van der Waals surface area (Å²) >= 11 is 0. The maximum atomic E-state index is 12.0. The van der Waals surface area contributed by atoms with Crippen molar-refractivity contribution in [3.63, 3.8) is 0 Å². The van der Waals surface area contributed by atoms with E-state index in [0.29, 0.717) is 18.9 Å². The van der Waals surface area contributed by atoms with Gasteiger partial charge in [0.1, 0.15) is 5.69 Å². The minimum absolute atomic E-state index is 0.180. The van der Waals surface area contributed by atoms with Crippen molar-refractivity contribution in [3.05, 3.63) is 35.5 Å². The van der Waals surface area contributed by atoms with Crippen molar-refractivity contribution in [1.29, 1.82) is 0 Å². The van der Waals surface area contributed by atoms with E-state index in [0.717, 1.165) is 30.6 Å². The molecule has 0 amide bonds. The molecule has 1 aromatic heterocycles. The lowest BCUT2D eigenvalue weighted by atomic mass is 10.0. The first-order chi connectivity index (χ1) is 11.8. The quantitative estimate of drug-likeness (QED) is 0.784. The zero-order valence-corrected chi connectivity index (χ0v) is 13.7. The van der Waals surface area contributed by atoms with Gasteiger partial charge in [0.2, 0.25) is 0 Å². The van der Waals surface area contributed by atoms with Gasteiger partial charge in [0.15, 0.2) is 5.69 Å². The highest BCUT2D eigenvalue weighted by Crippen LogP contribution is 2.25. The third-order valence-corrected chi connectivity index (χ3v) is 3.87. The van der Waals surface area contributed by atoms with Gasteiger partial charge in [-0.05, 0) is 25.3 Å². The topological polar surface area (TPSA) is 86.3 Å². The summed E-state index contributed by atoms with van der Waals surface area (Å²) in [6.07, 6.45) is 2.31. The van der Waals surface area contributed by atoms with Crippen molar-refractivity contribution in [3.8, 4) is 11.3 Å². The predicted molar refractivity (Wildman–Crippen MR) is 86.4 cm³/mol. The minimum Gasteiger partial charge on any atom is -0.461 e. The highest BCUT2D eigenvalue weighted by molar-refractivity contribution is 5.94. The molecule has 7 heteroatoms. The molecule has 1 aliphatic rings. The molecule has 1 aliphatic heterocycles. The lowest BCUT2D eigenvalue weighted by molar-refractivity contribution is 0.0107. The van der Waals surface area contributed by atoms with E-state index in [-0.39, 0.29) is 18.4 Å². The molecule has 2 heterocycles. The van der Waals surface area contributed by atoms with Crippen LogP contribution < -0.4 is 0 Å². The van der Waals surface area contributed by atoms with Gasteiger partial charge in [-0.3, -0.25) is 0 Å². The maximum Gasteiger partial charge on any atom is 0.361 e. The molecule has 1 fully saturated rings. The number of ether oxygens (including phenoxy) is 3. The fourth-order valence-electron chi connectivity index (χ4n) is 2.71. The van der Waals surface area contributed by atoms with Crippen LogP contribution in [0.2, 0.25) is 0 Å². The molecule has 0 saturated carbocycles. The van der Waals surface area contributed by atoms with Crippen molar-refractivity contribution in [1.82, 2.24) is 15.4 Å². The molecule has 128 valence electrons. The second-order valence-corrected chi connectivity index (χ2v) is 5.55. The fraction of sp³-hybridized carbons (Fsp3) is 0.471. The number of carbonyl (C=O) groups excluding carboxylic acids is 1. The summed E-state index contributed by atoms with van der Waals surface area (Å²) in [4.78, 5) is 12.0. The van der Waals surface area contributed by atoms with Crippen LogP contribution in [0.15, 0.2) is 24.3 Å². The zero-order valence-electron chi connectivity index (χ0n) is 13.7. The zero-order chi connectivity index (χ0) is 16.8. The fourth-order valence-corrected chi connectivity index (χ4v) is 2.71. The number of H-pyrrole nitrogens is 1. The van der Waals surface area contributed by atoms with Crippen LogP contribution in [0.5, 0.6) is 0 Å². The molecule has 1 aromatic carbocycles. The standard InChI is InChI=1S/C17H21N3O4/c1-2-23-17(21)16-15(18-20-19-16)14-8-4-3-6-12(14)10-22-11-13-7-5-9-24-13/h3-4,6,8,13H,2,5,7,9-11H2,1H3,(H,18,19,20). The van der Waals surface area contributed by atoms with Gasteiger partial charge in [-0.2, -0.15) is 10.3 Å². The number of nitrogens with one attached hydrogen (secondary N) is 1. The smallest absolute Gasteiger partial charge is 0.361 e. The van der Waals surface area contributed by atoms with Crippen molar-refractivity contribution in [2.75, 3.05) is 19.8 Å². The summed E-state index contributed by atoms with van der Waals surface area (Å²) in [5, 5.41) is 10.5. The van der Waals surface area contributed by atoms with Crippen molar-refractivity contribution in [2.45, 2.75) is 32.5 Å². The normalized spacial score (nSPS) is 17.1. The second kappa shape index (κ2) is 8.03. The number of esters is 1. The van der Waals surface area contributed by atoms with Gasteiger partial charge in [-0.25, -0.2) is 4.79 Å². The molecule has 1 saturated heterocycles. The van der Waals surface area contributed by atoms with Crippen molar-refractivity contribution < 1.29 is 19.0 Å². The van der Waals surface area contributed by atoms with Crippen LogP contribution in [-0.2, 0) is 20.8 Å². The molecule has 2 aromatic rings. The first kappa shape index (κ1) is 16.6. The Labute approximate surface area is 140 Å². The van der Waals surface area contributed by atoms with Gasteiger partial charge in [0, 0.05) is 12.2 Å². The Morgan fingerprint density at radius 1 is 1.38 bits per heavy atom. The monoisotopic (exact) mass is 331 g/mol. The predicted octanol–water partition coefficient (Wildman–Crippen LogP) is 2.34. The average Bonchev–Trinajstić information content (AvgIpc) is 3.27. The Hall–Kier alpha value is -2.25. The van der Waals surface area contributed by atoms with Crippen LogP contribution in [0.4, 0.5) is 0 Å². The van der Waals surface area contributed by atoms with E-state index < -0.39 is 5.97 Å². The Kier molecular flexibility index (Phi) is 5.55. The lowest BCUT2D eigenvalue weighted by Crippen LogP contribution is -2.14. The second-order valence-electron chi connectivity index (χ2n) is 5.55. The van der Waals surface area contributed by atoms with Crippen molar-refractivity contribution in [2.24, 2.45) is 0 Å². The number of aromatic amines is 1. The summed E-state index contributed by atoms with van der Waals surface area (Å²) in [5.41, 5.74) is 2.41. The van der Waals surface area contributed by atoms with Crippen LogP contribution in [-0.4, -0.2) is 47.3 Å². The number of rotatable bonds is 7. The first-order valence-corrected chi connectivity index (χ1v) is 8.15. The number of carbonyl (C=O) groups is 1. The molecule has 3 rings (SSSR count). The molecule has 0 spiro atoms. The summed E-state index contributed by atoms with van der Waals surface area (Å²) < 4.78 is 16.4. The highest BCUT2D eigenvalue weighted by atomic mass is 16.5. The molecule has 0 bridgehead atoms. The number of aromatic nitrogens is 3. The van der Waals surface area contributed by atoms with E-state index in [9.17, 15) is 4.79 Å². The maximum absolute atomic E-state index is 12.0. The highest BCUT2D eigenvalue weighted by Gasteiger charge is 2.21. The summed E-state index contributed by atoms with van der Waals surface area (Å²) in [6.45, 7) is 3.84. The summed E-state index contributed by atoms with van der Waals surface area (Å²) in [7, 11) is 0. The Balaban J connectivity index is 1.74. The molecule has 24 heavy (non-hydrogen) atoms. The molecule has 0 aliphatic carbocycles. The number of hydrogen-bond acceptors (Lipinski definition) is 6. The van der Waals surface area contributed by atoms with Crippen LogP contribution >= 0.6 is 0 Å². The van der Waals surface area contributed by atoms with Crippen LogP contribution in [0.1, 0.15) is 35.8 Å². The SMILES string of the molecule is CCOC(=O)c1n[nH]nc1-c1ccccc1COCC1CCCO1. The largest absolute Gasteiger partial charge is 0.461 e. The lowest BCUT2D eigenvalue weighted by Gasteiger charge is -2.12. The van der Waals surface area contributed by atoms with Gasteiger partial charge < -0.3 is 14.2 Å². The van der Waals surface area contributed by atoms with E-state index in [2.05, 4.69) is 15.4 Å². The van der Waals surface area contributed by atoms with Crippen molar-refractivity contribution >= 4 is 5.97 Å². The summed E-state index contributed by atoms with van der Waals surface area (Å²) in [6, 6.07) is 7.67. The van der Waals surface area contributed by atoms with Crippen LogP contribution in [0.3, 0.4) is 0 Å². The van der Waals surface area contributed by atoms with Gasteiger partial charge >= 0.3 is 5.97 Å². The molecule has 1 atom stereocenters. The molecule has 0 radical (unpaired) electrons. The minimum atomic E-state index is -0.490. The Morgan fingerprint density at radius 3 is 3.04 bits per heavy atom. The van der Waals surface area contributed by atoms with Gasteiger partial charge in [0.05, 0.1) is 25.9 Å². The third-order valence-electron chi connectivity index (χ3n) is 3.87. The van der Waals surface area contributed by atoms with E-state index in [4.69, 9.17) is 14.2 Å². The van der Waals surface area contributed by atoms with Crippen LogP contribution in [0.25, 0.3) is 11.3 Å². The number of benzene rings is 1. The van der Waals surface area contributed by atoms with E-state index in [1.54, 1.807) is 6.92 Å². The first-order valence-electron chi connectivity index (χ1n) is 8.15. The molecular formula is C17H21N3O4. The third kappa shape index (κ3) is 3.80. The van der Waals surface area contributed by atoms with E-state index >= 15 is 0 Å². The molecule has 1 unspecified atom stereocenters. The van der Waals surface area contributed by atoms with Gasteiger partial charge in [0.25, 0.3) is 0 Å². The Morgan fingerprint density at radius 2 is 2.25 bits per heavy atom. The van der Waals surface area contributed by atoms with Gasteiger partial charge in [-0.1, -0.05) is 24.3 Å². The molecule has 1 N–H and O–H groups in total. The number of hydrogen-bond donors (Lipinski definition) is 1. The molecular weight excluding hydrogens is 310 g/mol. The van der Waals surface area contributed by atoms with E-state index in [1.807, 2.05) is 24.3 Å². The van der Waals surface area contributed by atoms with Gasteiger partial charge in [-0.15, -0.1) is 5.10 Å². The average molecular weight is 331 g/mol.